The van der Waals surface area contributed by atoms with Gasteiger partial charge in [0.1, 0.15) is 72.4 Å². The minimum atomic E-state index is -4.59. The quantitative estimate of drug-likeness (QED) is 0.0407. The van der Waals surface area contributed by atoms with Crippen molar-refractivity contribution in [1.82, 2.24) is 19.6 Å². The Balaban J connectivity index is 0.000000141. The normalized spacial score (nSPS) is 17.7. The summed E-state index contributed by atoms with van der Waals surface area (Å²) >= 11 is 0. The van der Waals surface area contributed by atoms with Crippen LogP contribution >= 0.6 is 0 Å². The van der Waals surface area contributed by atoms with Gasteiger partial charge in [0.15, 0.2) is 34.7 Å². The van der Waals surface area contributed by atoms with Crippen molar-refractivity contribution in [3.8, 4) is 57.5 Å². The van der Waals surface area contributed by atoms with Crippen molar-refractivity contribution in [3.05, 3.63) is 244 Å². The highest BCUT2D eigenvalue weighted by atomic mass is 19.4. The lowest BCUT2D eigenvalue weighted by molar-refractivity contribution is -0.148. The van der Waals surface area contributed by atoms with E-state index in [0.717, 1.165) is 119 Å². The van der Waals surface area contributed by atoms with E-state index < -0.39 is 80.7 Å². The number of carbonyl (C=O) groups excluding carboxylic acids is 2. The molecule has 0 aromatic heterocycles. The van der Waals surface area contributed by atoms with Crippen LogP contribution in [0.25, 0.3) is 22.3 Å². The number of carbonyl (C=O) groups is 6. The second-order valence-corrected chi connectivity index (χ2v) is 38.7. The van der Waals surface area contributed by atoms with Gasteiger partial charge in [-0.15, -0.1) is 0 Å². The highest BCUT2D eigenvalue weighted by molar-refractivity contribution is 5.99. The summed E-state index contributed by atoms with van der Waals surface area (Å²) < 4.78 is 169. The fourth-order valence-corrected chi connectivity index (χ4v) is 19.9. The van der Waals surface area contributed by atoms with Gasteiger partial charge in [-0.1, -0.05) is 22.3 Å². The van der Waals surface area contributed by atoms with Gasteiger partial charge in [-0.05, 0) is 284 Å². The van der Waals surface area contributed by atoms with Crippen LogP contribution in [0, 0.1) is 33.3 Å². The number of aliphatic carboxylic acids is 4. The van der Waals surface area contributed by atoms with E-state index in [2.05, 4.69) is 19.6 Å². The summed E-state index contributed by atoms with van der Waals surface area (Å²) in [6.07, 6.45) is -0.922. The zero-order chi connectivity index (χ0) is 101. The van der Waals surface area contributed by atoms with Crippen LogP contribution in [0.3, 0.4) is 0 Å². The first-order chi connectivity index (χ1) is 66.5. The van der Waals surface area contributed by atoms with E-state index in [-0.39, 0.29) is 61.0 Å². The van der Waals surface area contributed by atoms with Crippen LogP contribution in [-0.2, 0) is 58.0 Å². The van der Waals surface area contributed by atoms with Crippen molar-refractivity contribution >= 4 is 57.7 Å². The fourth-order valence-electron chi connectivity index (χ4n) is 19.9. The van der Waals surface area contributed by atoms with Crippen molar-refractivity contribution in [2.24, 2.45) is 21.7 Å². The molecule has 0 radical (unpaired) electrons. The van der Waals surface area contributed by atoms with Gasteiger partial charge in [0, 0.05) is 134 Å². The summed E-state index contributed by atoms with van der Waals surface area (Å²) in [6.45, 7) is 17.9. The molecule has 2 aliphatic carbocycles. The zero-order valence-electron chi connectivity index (χ0n) is 80.5. The molecule has 744 valence electrons. The molecule has 4 saturated heterocycles. The summed E-state index contributed by atoms with van der Waals surface area (Å²) in [6, 6.07) is 33.0. The van der Waals surface area contributed by atoms with Crippen molar-refractivity contribution in [2.75, 3.05) is 121 Å². The molecule has 4 N–H and O–H groups in total. The molecule has 32 heteroatoms. The van der Waals surface area contributed by atoms with Crippen molar-refractivity contribution in [1.29, 1.82) is 0 Å². The lowest BCUT2D eigenvalue weighted by Gasteiger charge is -2.34. The largest absolute Gasteiger partial charge is 0.497 e. The third-order valence-electron chi connectivity index (χ3n) is 28.4. The van der Waals surface area contributed by atoms with Gasteiger partial charge in [0.05, 0.1) is 75.4 Å². The van der Waals surface area contributed by atoms with E-state index >= 15 is 0 Å². The Kier molecular flexibility index (Phi) is 29.9. The third-order valence-corrected chi connectivity index (χ3v) is 28.4. The number of carboxylic acid groups (broad SMARTS) is 4. The maximum Gasteiger partial charge on any atom is 0.419 e. The summed E-state index contributed by atoms with van der Waals surface area (Å²) in [5, 5.41) is 38.1. The van der Waals surface area contributed by atoms with Gasteiger partial charge in [0.2, 0.25) is 0 Å². The number of halogens is 8. The Morgan fingerprint density at radius 3 is 0.871 bits per heavy atom. The molecule has 8 aromatic rings. The molecule has 18 rings (SSSR count). The molecule has 8 aromatic carbocycles. The average molecular weight is 1940 g/mol. The fraction of sp³-hybridized carbons (Fsp3) is 0.426. The number of methoxy groups -OCH3 is 6. The number of likely N-dealkylation sites (tertiary alicyclic amines) is 4. The standard InChI is InChI=1S/C27H28F3NO5.C27H30F3NO5.C27H28FNO5.C27H30FNO5/c1-34-18-3-4-22-20(12-18)24(16-5-9-31(10-6-16)15-26(7-8-26)25(32)33)19-13-21(27(28,29)30)23(35-2)11-17(19)14-36-22;1-26(2,25(32)33)15-31-9-7-16(8-10-31)24-19-13-21(27(28,29)30)23(35-4)11-17(19)14-36-22-6-5-18(34-3)12-20(22)24;1-16(30)18-3-4-23-21(11-18)25(20-13-24(33-2)22(28)12-19(20)14-34-23)17-5-9-29(10-6-17)15-27(7-8-27)26(31)32;1-16(30)18-5-6-23-21(11-18)25(20-13-24(33-4)22(28)12-19(20)14-34-23)17-7-9-29(10-8-17)15-27(2,3)26(31)32/h3-4,11-13H,5-10,14-15H2,1-2H3,(H,32,33);5-6,11-13H,7-10,14-15H2,1-4H3,(H,32,33);3-4,11-13H,5-10,14-15H2,1-2H3,(H,31,32);5-6,11-13H,7-10,14-15H2,1-4H3,(H,31,32). The van der Waals surface area contributed by atoms with Gasteiger partial charge in [0.25, 0.3) is 0 Å². The first kappa shape index (κ1) is 102. The van der Waals surface area contributed by atoms with Crippen LogP contribution in [-0.4, -0.2) is 197 Å². The number of fused-ring (bicyclic) bond motifs is 8. The van der Waals surface area contributed by atoms with Crippen molar-refractivity contribution in [2.45, 2.75) is 157 Å². The van der Waals surface area contributed by atoms with Gasteiger partial charge < -0.3 is 87.4 Å². The number of piperidine rings is 4. The summed E-state index contributed by atoms with van der Waals surface area (Å²) in [7, 11) is 8.42. The molecule has 2 saturated carbocycles. The molecule has 6 fully saturated rings. The van der Waals surface area contributed by atoms with E-state index in [1.165, 1.54) is 90.9 Å². The number of Topliss-reactive ketones (excluding diaryl/α,β-unsaturated/α-hetero) is 2. The van der Waals surface area contributed by atoms with Gasteiger partial charge in [-0.3, -0.25) is 28.8 Å². The highest BCUT2D eigenvalue weighted by Crippen LogP contribution is 2.54. The van der Waals surface area contributed by atoms with E-state index in [9.17, 15) is 84.3 Å². The molecule has 0 atom stereocenters. The van der Waals surface area contributed by atoms with Crippen LogP contribution < -0.4 is 47.4 Å². The molecule has 0 unspecified atom stereocenters. The van der Waals surface area contributed by atoms with E-state index in [4.69, 9.17) is 47.4 Å². The Morgan fingerprint density at radius 2 is 0.614 bits per heavy atom. The number of benzene rings is 8. The Bertz CT molecular complexity index is 5950. The number of ketones is 2. The Hall–Kier alpha value is -12.8. The van der Waals surface area contributed by atoms with Gasteiger partial charge in [-0.25, -0.2) is 8.78 Å². The molecule has 8 heterocycles. The minimum absolute atomic E-state index is 0.0356. The number of ether oxygens (including phenoxy) is 10. The summed E-state index contributed by atoms with van der Waals surface area (Å²) in [5.74, 6) is -0.661. The Labute approximate surface area is 807 Å². The van der Waals surface area contributed by atoms with Gasteiger partial charge in [-0.2, -0.15) is 26.3 Å². The lowest BCUT2D eigenvalue weighted by atomic mass is 9.84. The number of rotatable bonds is 20. The summed E-state index contributed by atoms with van der Waals surface area (Å²) in [5.41, 5.74) is 12.6. The monoisotopic (exact) mass is 1940 g/mol. The topological polar surface area (TPSA) is 289 Å². The second kappa shape index (κ2) is 41.2. The first-order valence-electron chi connectivity index (χ1n) is 46.7. The molecule has 10 aliphatic rings. The predicted molar refractivity (Wildman–Crippen MR) is 506 cm³/mol. The molecule has 0 spiro atoms. The average Bonchev–Trinajstić information content (AvgIpc) is 1.52. The number of nitrogens with zero attached hydrogens (tertiary/aromatic N) is 4. The van der Waals surface area contributed by atoms with Crippen LogP contribution in [0.15, 0.2) is 144 Å². The maximum atomic E-state index is 14.6. The molecular formula is C108H116F8N4O20. The second-order valence-electron chi connectivity index (χ2n) is 38.7. The number of hydrogen-bond acceptors (Lipinski definition) is 20. The predicted octanol–water partition coefficient (Wildman–Crippen LogP) is 20.6. The first-order valence-corrected chi connectivity index (χ1v) is 46.7. The highest BCUT2D eigenvalue weighted by Gasteiger charge is 2.53. The lowest BCUT2D eigenvalue weighted by Crippen LogP contribution is -2.42. The zero-order valence-corrected chi connectivity index (χ0v) is 80.5. The van der Waals surface area contributed by atoms with E-state index in [1.54, 1.807) is 102 Å². The smallest absolute Gasteiger partial charge is 0.419 e. The SMILES string of the molecule is COc1cc2c(cc1F)COc1ccc(C(C)=O)cc1C2=C1CCN(CC(C)(C)C(=O)O)CC1.COc1cc2c(cc1F)COc1ccc(C(C)=O)cc1C2=C1CCN(CC2(C(=O)O)CC2)CC1.COc1ccc2c(c1)C(=C1CCN(CC(C)(C)C(=O)O)CC1)c1cc(C(F)(F)F)c(OC)cc1CO2.COc1ccc2c(c1)C(=C1CCN(CC3(C(=O)O)CC3)CC1)c1cc(C(F)(F)F)c(OC)cc1CO2. The maximum absolute atomic E-state index is 14.6. The van der Waals surface area contributed by atoms with Crippen molar-refractivity contribution in [3.63, 3.8) is 0 Å². The van der Waals surface area contributed by atoms with Crippen LogP contribution in [0.1, 0.15) is 217 Å². The molecule has 8 aliphatic heterocycles. The van der Waals surface area contributed by atoms with E-state index in [0.29, 0.717) is 189 Å². The molecule has 0 bridgehead atoms. The van der Waals surface area contributed by atoms with Crippen LogP contribution in [0.2, 0.25) is 0 Å². The van der Waals surface area contributed by atoms with E-state index in [1.807, 2.05) is 18.2 Å². The number of alkyl halides is 6. The third kappa shape index (κ3) is 21.9. The van der Waals surface area contributed by atoms with Crippen LogP contribution in [0.4, 0.5) is 35.1 Å². The number of hydrogen-bond donors (Lipinski definition) is 4. The molecule has 24 nitrogen and oxygen atoms in total. The molecule has 0 amide bonds. The van der Waals surface area contributed by atoms with Gasteiger partial charge >= 0.3 is 36.2 Å². The minimum Gasteiger partial charge on any atom is -0.497 e. The molecular weight excluding hydrogens is 1830 g/mol. The number of carboxylic acids is 4. The molecule has 140 heavy (non-hydrogen) atoms. The van der Waals surface area contributed by atoms with Crippen molar-refractivity contribution < 1.29 is 132 Å². The van der Waals surface area contributed by atoms with Crippen LogP contribution in [0.5, 0.6) is 57.5 Å². The summed E-state index contributed by atoms with van der Waals surface area (Å²) in [4.78, 5) is 79.4. The Morgan fingerprint density at radius 1 is 0.343 bits per heavy atom.